The molecule has 0 saturated heterocycles. The predicted octanol–water partition coefficient (Wildman–Crippen LogP) is 1.56. The molecule has 74 valence electrons. The second kappa shape index (κ2) is 5.32. The van der Waals surface area contributed by atoms with Gasteiger partial charge in [-0.15, -0.1) is 11.3 Å². The van der Waals surface area contributed by atoms with E-state index in [2.05, 4.69) is 24.3 Å². The molecule has 3 N–H and O–H groups in total. The molecule has 0 spiro atoms. The van der Waals surface area contributed by atoms with Crippen LogP contribution in [0.4, 0.5) is 0 Å². The van der Waals surface area contributed by atoms with Crippen molar-refractivity contribution in [1.29, 1.82) is 0 Å². The molecule has 1 rings (SSSR count). The van der Waals surface area contributed by atoms with Crippen molar-refractivity contribution in [1.82, 2.24) is 10.4 Å². The van der Waals surface area contributed by atoms with Crippen LogP contribution in [0.5, 0.6) is 0 Å². The molecule has 0 amide bonds. The molecular weight excluding hydrogens is 182 g/mol. The topological polar surface area (TPSA) is 50.9 Å². The van der Waals surface area contributed by atoms with Crippen molar-refractivity contribution >= 4 is 11.3 Å². The summed E-state index contributed by atoms with van der Waals surface area (Å²) in [5.41, 5.74) is 4.73. The summed E-state index contributed by atoms with van der Waals surface area (Å²) >= 11 is 1.69. The Labute approximate surface area is 83.3 Å². The van der Waals surface area contributed by atoms with Crippen molar-refractivity contribution in [2.75, 3.05) is 0 Å². The highest BCUT2D eigenvalue weighted by atomic mass is 32.1. The number of hydrogen-bond acceptors (Lipinski definition) is 4. The van der Waals surface area contributed by atoms with Crippen LogP contribution in [-0.4, -0.2) is 11.0 Å². The molecule has 0 aliphatic heterocycles. The first-order valence-corrected chi connectivity index (χ1v) is 5.49. The first-order valence-electron chi connectivity index (χ1n) is 4.61. The molecule has 4 heteroatoms. The first-order chi connectivity index (χ1) is 6.27. The fraction of sp³-hybridized carbons (Fsp3) is 0.667. The van der Waals surface area contributed by atoms with E-state index in [1.807, 2.05) is 11.7 Å². The van der Waals surface area contributed by atoms with Gasteiger partial charge in [-0.1, -0.05) is 20.3 Å². The van der Waals surface area contributed by atoms with Crippen molar-refractivity contribution in [2.24, 2.45) is 11.8 Å². The van der Waals surface area contributed by atoms with Gasteiger partial charge in [0.1, 0.15) is 0 Å². The lowest BCUT2D eigenvalue weighted by Gasteiger charge is -2.20. The van der Waals surface area contributed by atoms with E-state index in [0.717, 1.165) is 12.8 Å². The summed E-state index contributed by atoms with van der Waals surface area (Å²) < 4.78 is 0. The van der Waals surface area contributed by atoms with Crippen molar-refractivity contribution in [3.05, 3.63) is 16.6 Å². The lowest BCUT2D eigenvalue weighted by atomic mass is 9.97. The minimum Gasteiger partial charge on any atom is -0.271 e. The van der Waals surface area contributed by atoms with Gasteiger partial charge in [0.15, 0.2) is 0 Å². The van der Waals surface area contributed by atoms with Gasteiger partial charge in [-0.25, -0.2) is 0 Å². The van der Waals surface area contributed by atoms with Crippen LogP contribution in [0, 0.1) is 5.92 Å². The van der Waals surface area contributed by atoms with Gasteiger partial charge in [-0.2, -0.15) is 0 Å². The molecule has 13 heavy (non-hydrogen) atoms. The largest absolute Gasteiger partial charge is 0.271 e. The zero-order chi connectivity index (χ0) is 9.68. The number of hydrogen-bond donors (Lipinski definition) is 2. The molecule has 0 bridgehead atoms. The second-order valence-electron chi connectivity index (χ2n) is 3.33. The maximum atomic E-state index is 5.50. The number of nitrogens with two attached hydrogens (primary N) is 1. The third-order valence-electron chi connectivity index (χ3n) is 2.45. The van der Waals surface area contributed by atoms with Crippen molar-refractivity contribution in [2.45, 2.75) is 32.7 Å². The summed E-state index contributed by atoms with van der Waals surface area (Å²) in [6.07, 6.45) is 4.04. The van der Waals surface area contributed by atoms with Crippen LogP contribution in [0.1, 0.15) is 25.1 Å². The molecule has 0 fully saturated rings. The molecule has 0 aromatic carbocycles. The minimum absolute atomic E-state index is 0.366. The number of aromatic nitrogens is 1. The van der Waals surface area contributed by atoms with Crippen molar-refractivity contribution in [3.63, 3.8) is 0 Å². The third kappa shape index (κ3) is 3.06. The number of rotatable bonds is 5. The van der Waals surface area contributed by atoms with Crippen LogP contribution in [0.2, 0.25) is 0 Å². The Morgan fingerprint density at radius 3 is 2.92 bits per heavy atom. The van der Waals surface area contributed by atoms with Gasteiger partial charge in [-0.05, 0) is 5.92 Å². The van der Waals surface area contributed by atoms with Crippen LogP contribution < -0.4 is 11.3 Å². The van der Waals surface area contributed by atoms with Gasteiger partial charge in [0.2, 0.25) is 0 Å². The zero-order valence-electron chi connectivity index (χ0n) is 8.16. The molecule has 3 nitrogen and oxygen atoms in total. The SMILES string of the molecule is CCC(C)C(Cc1cncs1)NN. The van der Waals surface area contributed by atoms with E-state index in [9.17, 15) is 0 Å². The number of nitrogens with zero attached hydrogens (tertiary/aromatic N) is 1. The molecule has 0 aliphatic carbocycles. The highest BCUT2D eigenvalue weighted by Gasteiger charge is 2.14. The Morgan fingerprint density at radius 2 is 2.46 bits per heavy atom. The fourth-order valence-electron chi connectivity index (χ4n) is 1.27. The summed E-state index contributed by atoms with van der Waals surface area (Å²) in [7, 11) is 0. The normalized spacial score (nSPS) is 15.6. The average molecular weight is 199 g/mol. The van der Waals surface area contributed by atoms with Crippen LogP contribution in [0.3, 0.4) is 0 Å². The Balaban J connectivity index is 2.49. The highest BCUT2D eigenvalue weighted by Crippen LogP contribution is 2.15. The average Bonchev–Trinajstić information content (AvgIpc) is 2.65. The quantitative estimate of drug-likeness (QED) is 0.559. The third-order valence-corrected chi connectivity index (χ3v) is 3.25. The smallest absolute Gasteiger partial charge is 0.0794 e. The maximum absolute atomic E-state index is 5.50. The lowest BCUT2D eigenvalue weighted by molar-refractivity contribution is 0.371. The van der Waals surface area contributed by atoms with E-state index in [0.29, 0.717) is 12.0 Å². The number of hydrazine groups is 1. The molecule has 2 unspecified atom stereocenters. The van der Waals surface area contributed by atoms with Gasteiger partial charge < -0.3 is 0 Å². The Morgan fingerprint density at radius 1 is 1.69 bits per heavy atom. The summed E-state index contributed by atoms with van der Waals surface area (Å²) in [4.78, 5) is 5.34. The minimum atomic E-state index is 0.366. The molecule has 0 radical (unpaired) electrons. The molecule has 1 aromatic heterocycles. The van der Waals surface area contributed by atoms with E-state index in [1.54, 1.807) is 11.3 Å². The van der Waals surface area contributed by atoms with E-state index < -0.39 is 0 Å². The summed E-state index contributed by atoms with van der Waals surface area (Å²) in [5.74, 6) is 6.10. The maximum Gasteiger partial charge on any atom is 0.0794 e. The summed E-state index contributed by atoms with van der Waals surface area (Å²) in [6, 6.07) is 0.366. The second-order valence-corrected chi connectivity index (χ2v) is 4.30. The summed E-state index contributed by atoms with van der Waals surface area (Å²) in [6.45, 7) is 4.40. The van der Waals surface area contributed by atoms with Crippen LogP contribution in [0.15, 0.2) is 11.7 Å². The zero-order valence-corrected chi connectivity index (χ0v) is 8.97. The van der Waals surface area contributed by atoms with Crippen molar-refractivity contribution < 1.29 is 0 Å². The van der Waals surface area contributed by atoms with Gasteiger partial charge in [0.25, 0.3) is 0 Å². The van der Waals surface area contributed by atoms with E-state index >= 15 is 0 Å². The highest BCUT2D eigenvalue weighted by molar-refractivity contribution is 7.09. The van der Waals surface area contributed by atoms with Crippen molar-refractivity contribution in [3.8, 4) is 0 Å². The molecular formula is C9H17N3S. The van der Waals surface area contributed by atoms with Gasteiger partial charge >= 0.3 is 0 Å². The van der Waals surface area contributed by atoms with E-state index in [-0.39, 0.29) is 0 Å². The van der Waals surface area contributed by atoms with Gasteiger partial charge in [0.05, 0.1) is 5.51 Å². The predicted molar refractivity (Wildman–Crippen MR) is 56.4 cm³/mol. The van der Waals surface area contributed by atoms with Gasteiger partial charge in [-0.3, -0.25) is 16.3 Å². The van der Waals surface area contributed by atoms with Crippen LogP contribution in [-0.2, 0) is 6.42 Å². The van der Waals surface area contributed by atoms with Crippen LogP contribution >= 0.6 is 11.3 Å². The molecule has 1 aromatic rings. The summed E-state index contributed by atoms with van der Waals surface area (Å²) in [5, 5.41) is 0. The number of nitrogens with one attached hydrogen (secondary N) is 1. The fourth-order valence-corrected chi connectivity index (χ4v) is 1.92. The molecule has 2 atom stereocenters. The monoisotopic (exact) mass is 199 g/mol. The van der Waals surface area contributed by atoms with Crippen LogP contribution in [0.25, 0.3) is 0 Å². The Hall–Kier alpha value is -0.450. The number of thiazole rings is 1. The lowest BCUT2D eigenvalue weighted by Crippen LogP contribution is -2.41. The van der Waals surface area contributed by atoms with E-state index in [1.165, 1.54) is 4.88 Å². The standard InChI is InChI=1S/C9H17N3S/c1-3-7(2)9(12-10)4-8-5-11-6-13-8/h5-7,9,12H,3-4,10H2,1-2H3. The van der Waals surface area contributed by atoms with Gasteiger partial charge in [0, 0.05) is 23.5 Å². The molecule has 1 heterocycles. The Kier molecular flexibility index (Phi) is 4.35. The Bertz CT molecular complexity index is 223. The molecule has 0 saturated carbocycles. The first kappa shape index (κ1) is 10.6. The molecule has 0 aliphatic rings. The van der Waals surface area contributed by atoms with E-state index in [4.69, 9.17) is 5.84 Å².